The number of esters is 1. The third-order valence-corrected chi connectivity index (χ3v) is 2.78. The van der Waals surface area contributed by atoms with E-state index in [1.165, 1.54) is 0 Å². The van der Waals surface area contributed by atoms with Crippen molar-refractivity contribution in [3.8, 4) is 0 Å². The van der Waals surface area contributed by atoms with E-state index in [9.17, 15) is 4.79 Å². The van der Waals surface area contributed by atoms with Crippen LogP contribution in [0.4, 0.5) is 0 Å². The van der Waals surface area contributed by atoms with E-state index in [0.29, 0.717) is 12.5 Å². The van der Waals surface area contributed by atoms with Crippen molar-refractivity contribution < 1.29 is 13.9 Å². The summed E-state index contributed by atoms with van der Waals surface area (Å²) in [6.07, 6.45) is 5.35. The van der Waals surface area contributed by atoms with E-state index in [1.54, 1.807) is 6.92 Å². The Morgan fingerprint density at radius 3 is 2.61 bits per heavy atom. The minimum Gasteiger partial charge on any atom is -0.459 e. The second-order valence-electron chi connectivity index (χ2n) is 4.29. The molecule has 18 heavy (non-hydrogen) atoms. The third kappa shape index (κ3) is 4.13. The molecule has 0 bridgehead atoms. The van der Waals surface area contributed by atoms with Crippen LogP contribution in [0.3, 0.4) is 0 Å². The van der Waals surface area contributed by atoms with E-state index in [2.05, 4.69) is 24.0 Å². The summed E-state index contributed by atoms with van der Waals surface area (Å²) < 4.78 is 10.2. The van der Waals surface area contributed by atoms with E-state index < -0.39 is 5.97 Å². The Morgan fingerprint density at radius 1 is 1.22 bits per heavy atom. The number of carbonyl (C=O) groups excluding carboxylic acids is 1. The normalized spacial score (nSPS) is 12.4. The minimum absolute atomic E-state index is 0.0375. The molecule has 5 heteroatoms. The summed E-state index contributed by atoms with van der Waals surface area (Å²) in [6, 6.07) is 0. The Kier molecular flexibility index (Phi) is 6.39. The molecule has 1 atom stereocenters. The highest BCUT2D eigenvalue weighted by atomic mass is 16.5. The topological polar surface area (TPSA) is 65.2 Å². The van der Waals surface area contributed by atoms with Crippen LogP contribution < -0.4 is 0 Å². The largest absolute Gasteiger partial charge is 0.459 e. The summed E-state index contributed by atoms with van der Waals surface area (Å²) in [5.74, 6) is 0.241. The van der Waals surface area contributed by atoms with Crippen LogP contribution in [0.5, 0.6) is 0 Å². The molecule has 0 radical (unpaired) electrons. The molecule has 0 spiro atoms. The molecule has 1 heterocycles. The maximum absolute atomic E-state index is 11.4. The van der Waals surface area contributed by atoms with E-state index in [4.69, 9.17) is 9.15 Å². The van der Waals surface area contributed by atoms with Crippen LogP contribution in [0.2, 0.25) is 0 Å². The zero-order chi connectivity index (χ0) is 13.4. The maximum Gasteiger partial charge on any atom is 0.396 e. The molecule has 102 valence electrons. The van der Waals surface area contributed by atoms with Gasteiger partial charge < -0.3 is 9.15 Å². The number of unbranched alkanes of at least 4 members (excludes halogenated alkanes) is 1. The maximum atomic E-state index is 11.4. The van der Waals surface area contributed by atoms with Crippen molar-refractivity contribution in [3.05, 3.63) is 11.8 Å². The highest BCUT2D eigenvalue weighted by molar-refractivity contribution is 5.83. The summed E-state index contributed by atoms with van der Waals surface area (Å²) >= 11 is 0. The second kappa shape index (κ2) is 7.84. The molecule has 0 saturated carbocycles. The Labute approximate surface area is 108 Å². The molecule has 0 N–H and O–H groups in total. The molecule has 1 aromatic heterocycles. The SMILES string of the molecule is CCCCC(CCC)c1nnc(C(=O)OCC)o1. The van der Waals surface area contributed by atoms with Crippen molar-refractivity contribution in [1.29, 1.82) is 0 Å². The van der Waals surface area contributed by atoms with Gasteiger partial charge in [0.1, 0.15) is 0 Å². The number of ether oxygens (including phenoxy) is 1. The van der Waals surface area contributed by atoms with Crippen molar-refractivity contribution in [1.82, 2.24) is 10.2 Å². The molecule has 0 aliphatic heterocycles. The Morgan fingerprint density at radius 2 is 2.00 bits per heavy atom. The average Bonchev–Trinajstić information content (AvgIpc) is 2.84. The molecule has 0 aliphatic carbocycles. The van der Waals surface area contributed by atoms with Gasteiger partial charge in [0.2, 0.25) is 5.89 Å². The van der Waals surface area contributed by atoms with E-state index >= 15 is 0 Å². The van der Waals surface area contributed by atoms with Crippen molar-refractivity contribution in [2.24, 2.45) is 0 Å². The lowest BCUT2D eigenvalue weighted by Crippen LogP contribution is -2.04. The van der Waals surface area contributed by atoms with Crippen molar-refractivity contribution in [3.63, 3.8) is 0 Å². The zero-order valence-corrected chi connectivity index (χ0v) is 11.4. The molecule has 5 nitrogen and oxygen atoms in total. The van der Waals surface area contributed by atoms with Gasteiger partial charge in [-0.05, 0) is 19.8 Å². The molecule has 0 aliphatic rings. The molecule has 1 aromatic rings. The predicted molar refractivity (Wildman–Crippen MR) is 67.4 cm³/mol. The standard InChI is InChI=1S/C13H22N2O3/c1-4-7-9-10(8-5-2)11-14-15-12(18-11)13(16)17-6-3/h10H,4-9H2,1-3H3. The van der Waals surface area contributed by atoms with Gasteiger partial charge in [0.25, 0.3) is 0 Å². The van der Waals surface area contributed by atoms with Crippen molar-refractivity contribution in [2.45, 2.75) is 58.8 Å². The van der Waals surface area contributed by atoms with Gasteiger partial charge in [-0.2, -0.15) is 0 Å². The number of rotatable bonds is 8. The van der Waals surface area contributed by atoms with E-state index in [-0.39, 0.29) is 11.8 Å². The summed E-state index contributed by atoms with van der Waals surface area (Å²) in [6.45, 7) is 6.34. The average molecular weight is 254 g/mol. The number of hydrogen-bond donors (Lipinski definition) is 0. The first-order valence-corrected chi connectivity index (χ1v) is 6.73. The Hall–Kier alpha value is -1.39. The molecule has 1 rings (SSSR count). The number of hydrogen-bond acceptors (Lipinski definition) is 5. The summed E-state index contributed by atoms with van der Waals surface area (Å²) in [5.41, 5.74) is 0. The third-order valence-electron chi connectivity index (χ3n) is 2.78. The molecule has 1 unspecified atom stereocenters. The fourth-order valence-electron chi connectivity index (χ4n) is 1.87. The van der Waals surface area contributed by atoms with Crippen LogP contribution in [-0.4, -0.2) is 22.8 Å². The fourth-order valence-corrected chi connectivity index (χ4v) is 1.87. The first-order chi connectivity index (χ1) is 8.72. The smallest absolute Gasteiger partial charge is 0.396 e. The van der Waals surface area contributed by atoms with Crippen LogP contribution in [-0.2, 0) is 4.74 Å². The van der Waals surface area contributed by atoms with Gasteiger partial charge in [-0.15, -0.1) is 10.2 Å². The van der Waals surface area contributed by atoms with Crippen LogP contribution in [0.15, 0.2) is 4.42 Å². The van der Waals surface area contributed by atoms with Gasteiger partial charge in [0, 0.05) is 5.92 Å². The predicted octanol–water partition coefficient (Wildman–Crippen LogP) is 3.32. The number of aromatic nitrogens is 2. The monoisotopic (exact) mass is 254 g/mol. The highest BCUT2D eigenvalue weighted by Crippen LogP contribution is 2.26. The zero-order valence-electron chi connectivity index (χ0n) is 11.4. The lowest BCUT2D eigenvalue weighted by atomic mass is 9.97. The van der Waals surface area contributed by atoms with Gasteiger partial charge >= 0.3 is 11.9 Å². The van der Waals surface area contributed by atoms with E-state index in [1.807, 2.05) is 0 Å². The molecular formula is C13H22N2O3. The Balaban J connectivity index is 2.70. The quantitative estimate of drug-likeness (QED) is 0.666. The number of carbonyl (C=O) groups is 1. The van der Waals surface area contributed by atoms with Gasteiger partial charge in [0.05, 0.1) is 6.61 Å². The van der Waals surface area contributed by atoms with Gasteiger partial charge in [-0.25, -0.2) is 4.79 Å². The van der Waals surface area contributed by atoms with Crippen LogP contribution in [0.1, 0.15) is 75.4 Å². The highest BCUT2D eigenvalue weighted by Gasteiger charge is 2.21. The Bertz CT molecular complexity index is 363. The minimum atomic E-state index is -0.540. The number of nitrogens with zero attached hydrogens (tertiary/aromatic N) is 2. The summed E-state index contributed by atoms with van der Waals surface area (Å²) in [4.78, 5) is 11.4. The molecule has 0 saturated heterocycles. The molecule has 0 amide bonds. The lowest BCUT2D eigenvalue weighted by Gasteiger charge is -2.10. The first-order valence-electron chi connectivity index (χ1n) is 6.73. The van der Waals surface area contributed by atoms with Gasteiger partial charge in [-0.3, -0.25) is 0 Å². The fraction of sp³-hybridized carbons (Fsp3) is 0.769. The van der Waals surface area contributed by atoms with Crippen LogP contribution in [0.25, 0.3) is 0 Å². The summed E-state index contributed by atoms with van der Waals surface area (Å²) in [5, 5.41) is 7.73. The summed E-state index contributed by atoms with van der Waals surface area (Å²) in [7, 11) is 0. The molecule has 0 fully saturated rings. The van der Waals surface area contributed by atoms with Crippen molar-refractivity contribution >= 4 is 5.97 Å². The van der Waals surface area contributed by atoms with Crippen LogP contribution >= 0.6 is 0 Å². The van der Waals surface area contributed by atoms with Gasteiger partial charge in [0.15, 0.2) is 0 Å². The lowest BCUT2D eigenvalue weighted by molar-refractivity contribution is 0.0478. The molecular weight excluding hydrogens is 232 g/mol. The molecule has 0 aromatic carbocycles. The van der Waals surface area contributed by atoms with Crippen molar-refractivity contribution in [2.75, 3.05) is 6.61 Å². The van der Waals surface area contributed by atoms with Gasteiger partial charge in [-0.1, -0.05) is 33.1 Å². The first kappa shape index (κ1) is 14.7. The van der Waals surface area contributed by atoms with Crippen LogP contribution in [0, 0.1) is 0 Å². The second-order valence-corrected chi connectivity index (χ2v) is 4.29. The van der Waals surface area contributed by atoms with E-state index in [0.717, 1.165) is 32.1 Å².